The highest BCUT2D eigenvalue weighted by Gasteiger charge is 2.44. The van der Waals surface area contributed by atoms with Crippen molar-refractivity contribution in [2.24, 2.45) is 5.41 Å². The van der Waals surface area contributed by atoms with Crippen LogP contribution >= 0.6 is 0 Å². The summed E-state index contributed by atoms with van der Waals surface area (Å²) in [4.78, 5) is 12.3. The molecule has 3 aliphatic heterocycles. The van der Waals surface area contributed by atoms with E-state index in [1.54, 1.807) is 0 Å². The van der Waals surface area contributed by atoms with Gasteiger partial charge in [0.1, 0.15) is 0 Å². The van der Waals surface area contributed by atoms with Crippen LogP contribution in [0.4, 0.5) is 0 Å². The summed E-state index contributed by atoms with van der Waals surface area (Å²) in [5, 5.41) is 6.54. The van der Waals surface area contributed by atoms with Gasteiger partial charge in [0.2, 0.25) is 5.91 Å². The van der Waals surface area contributed by atoms with Crippen molar-refractivity contribution in [1.82, 2.24) is 10.6 Å². The van der Waals surface area contributed by atoms with Crippen molar-refractivity contribution in [3.63, 3.8) is 0 Å². The monoisotopic (exact) mass is 238 g/mol. The quantitative estimate of drug-likeness (QED) is 0.748. The van der Waals surface area contributed by atoms with Gasteiger partial charge in [0.25, 0.3) is 0 Å². The number of nitrogens with one attached hydrogen (secondary N) is 2. The molecule has 3 rings (SSSR count). The predicted octanol–water partition coefficient (Wildman–Crippen LogP) is 0.812. The van der Waals surface area contributed by atoms with Crippen molar-refractivity contribution in [1.29, 1.82) is 0 Å². The third-order valence-corrected chi connectivity index (χ3v) is 4.57. The molecule has 1 amide bonds. The zero-order chi connectivity index (χ0) is 11.9. The maximum absolute atomic E-state index is 12.3. The van der Waals surface area contributed by atoms with E-state index in [-0.39, 0.29) is 23.5 Å². The SMILES string of the molecule is CC1(C(=O)NC2CC3CCC2O3)CCCNC1. The molecule has 0 saturated carbocycles. The number of hydrogen-bond acceptors (Lipinski definition) is 3. The van der Waals surface area contributed by atoms with Crippen LogP contribution in [0.1, 0.15) is 39.0 Å². The van der Waals surface area contributed by atoms with Crippen LogP contribution in [0.25, 0.3) is 0 Å². The third-order valence-electron chi connectivity index (χ3n) is 4.57. The molecule has 4 unspecified atom stereocenters. The second kappa shape index (κ2) is 4.25. The molecule has 0 aromatic carbocycles. The molecule has 4 nitrogen and oxygen atoms in total. The Morgan fingerprint density at radius 3 is 2.94 bits per heavy atom. The molecule has 3 saturated heterocycles. The lowest BCUT2D eigenvalue weighted by Gasteiger charge is -2.34. The average molecular weight is 238 g/mol. The molecule has 4 atom stereocenters. The van der Waals surface area contributed by atoms with Crippen LogP contribution in [0.3, 0.4) is 0 Å². The lowest BCUT2D eigenvalue weighted by atomic mass is 9.81. The summed E-state index contributed by atoms with van der Waals surface area (Å²) < 4.78 is 5.78. The van der Waals surface area contributed by atoms with Crippen molar-refractivity contribution in [3.05, 3.63) is 0 Å². The van der Waals surface area contributed by atoms with Gasteiger partial charge in [-0.25, -0.2) is 0 Å². The van der Waals surface area contributed by atoms with Gasteiger partial charge in [-0.2, -0.15) is 0 Å². The van der Waals surface area contributed by atoms with Gasteiger partial charge in [0.15, 0.2) is 0 Å². The van der Waals surface area contributed by atoms with Crippen LogP contribution in [-0.2, 0) is 9.53 Å². The zero-order valence-electron chi connectivity index (χ0n) is 10.5. The van der Waals surface area contributed by atoms with Gasteiger partial charge in [-0.3, -0.25) is 4.79 Å². The van der Waals surface area contributed by atoms with Gasteiger partial charge < -0.3 is 15.4 Å². The molecule has 4 heteroatoms. The Labute approximate surface area is 102 Å². The zero-order valence-corrected chi connectivity index (χ0v) is 10.5. The van der Waals surface area contributed by atoms with Crippen LogP contribution in [-0.4, -0.2) is 37.2 Å². The summed E-state index contributed by atoms with van der Waals surface area (Å²) in [5.74, 6) is 0.214. The van der Waals surface area contributed by atoms with Crippen molar-refractivity contribution in [3.8, 4) is 0 Å². The standard InChI is InChI=1S/C13H22N2O2/c1-13(5-2-6-14-8-13)12(16)15-10-7-9-3-4-11(10)17-9/h9-11,14H,2-8H2,1H3,(H,15,16). The van der Waals surface area contributed by atoms with E-state index in [2.05, 4.69) is 17.6 Å². The molecule has 3 fully saturated rings. The highest BCUT2D eigenvalue weighted by molar-refractivity contribution is 5.83. The summed E-state index contributed by atoms with van der Waals surface area (Å²) in [6.45, 7) is 3.92. The van der Waals surface area contributed by atoms with E-state index in [0.29, 0.717) is 6.10 Å². The summed E-state index contributed by atoms with van der Waals surface area (Å²) in [7, 11) is 0. The predicted molar refractivity (Wildman–Crippen MR) is 64.7 cm³/mol. The van der Waals surface area contributed by atoms with Crippen LogP contribution < -0.4 is 10.6 Å². The van der Waals surface area contributed by atoms with Gasteiger partial charge >= 0.3 is 0 Å². The second-order valence-corrected chi connectivity index (χ2v) is 6.03. The molecular weight excluding hydrogens is 216 g/mol. The number of hydrogen-bond donors (Lipinski definition) is 2. The van der Waals surface area contributed by atoms with Gasteiger partial charge in [0.05, 0.1) is 23.7 Å². The fraction of sp³-hybridized carbons (Fsp3) is 0.923. The van der Waals surface area contributed by atoms with Crippen molar-refractivity contribution >= 4 is 5.91 Å². The molecule has 0 spiro atoms. The minimum absolute atomic E-state index is 0.214. The van der Waals surface area contributed by atoms with E-state index < -0.39 is 0 Å². The Balaban J connectivity index is 1.59. The largest absolute Gasteiger partial charge is 0.373 e. The maximum Gasteiger partial charge on any atom is 0.227 e. The molecule has 0 aromatic heterocycles. The molecule has 3 aliphatic rings. The molecule has 96 valence electrons. The van der Waals surface area contributed by atoms with E-state index in [0.717, 1.165) is 38.8 Å². The molecule has 2 bridgehead atoms. The first-order chi connectivity index (χ1) is 8.17. The molecule has 0 aliphatic carbocycles. The summed E-state index contributed by atoms with van der Waals surface area (Å²) in [6.07, 6.45) is 6.08. The van der Waals surface area contributed by atoms with E-state index in [1.165, 1.54) is 6.42 Å². The van der Waals surface area contributed by atoms with E-state index in [4.69, 9.17) is 4.74 Å². The summed E-state index contributed by atoms with van der Waals surface area (Å²) >= 11 is 0. The third kappa shape index (κ3) is 2.08. The molecule has 3 heterocycles. The minimum atomic E-state index is -0.222. The normalized spacial score (nSPS) is 44.9. The summed E-state index contributed by atoms with van der Waals surface area (Å²) in [6, 6.07) is 0.264. The fourth-order valence-corrected chi connectivity index (χ4v) is 3.38. The second-order valence-electron chi connectivity index (χ2n) is 6.03. The highest BCUT2D eigenvalue weighted by Crippen LogP contribution is 2.35. The number of ether oxygens (including phenoxy) is 1. The van der Waals surface area contributed by atoms with Gasteiger partial charge in [0, 0.05) is 6.54 Å². The topological polar surface area (TPSA) is 50.4 Å². The first-order valence-corrected chi connectivity index (χ1v) is 6.84. The minimum Gasteiger partial charge on any atom is -0.373 e. The van der Waals surface area contributed by atoms with E-state index in [1.807, 2.05) is 0 Å². The summed E-state index contributed by atoms with van der Waals surface area (Å²) in [5.41, 5.74) is -0.222. The highest BCUT2D eigenvalue weighted by atomic mass is 16.5. The molecule has 17 heavy (non-hydrogen) atoms. The molecule has 2 N–H and O–H groups in total. The van der Waals surface area contributed by atoms with E-state index >= 15 is 0 Å². The number of carbonyl (C=O) groups is 1. The molecule has 0 aromatic rings. The average Bonchev–Trinajstić information content (AvgIpc) is 2.92. The number of fused-ring (bicyclic) bond motifs is 2. The Morgan fingerprint density at radius 1 is 1.47 bits per heavy atom. The Bertz CT molecular complexity index is 313. The van der Waals surface area contributed by atoms with E-state index in [9.17, 15) is 4.79 Å². The lowest BCUT2D eigenvalue weighted by molar-refractivity contribution is -0.132. The van der Waals surface area contributed by atoms with Crippen molar-refractivity contribution in [2.45, 2.75) is 57.3 Å². The number of carbonyl (C=O) groups excluding carboxylic acids is 1. The Kier molecular flexibility index (Phi) is 2.87. The molecular formula is C13H22N2O2. The Morgan fingerprint density at radius 2 is 2.35 bits per heavy atom. The van der Waals surface area contributed by atoms with Crippen molar-refractivity contribution in [2.75, 3.05) is 13.1 Å². The van der Waals surface area contributed by atoms with Gasteiger partial charge in [-0.15, -0.1) is 0 Å². The van der Waals surface area contributed by atoms with Gasteiger partial charge in [-0.1, -0.05) is 0 Å². The van der Waals surface area contributed by atoms with Gasteiger partial charge in [-0.05, 0) is 45.6 Å². The lowest BCUT2D eigenvalue weighted by Crippen LogP contribution is -2.53. The van der Waals surface area contributed by atoms with Crippen molar-refractivity contribution < 1.29 is 9.53 Å². The molecule has 0 radical (unpaired) electrons. The first-order valence-electron chi connectivity index (χ1n) is 6.84. The first kappa shape index (κ1) is 11.5. The maximum atomic E-state index is 12.3. The number of piperidine rings is 1. The number of amides is 1. The van der Waals surface area contributed by atoms with Crippen LogP contribution in [0, 0.1) is 5.41 Å². The van der Waals surface area contributed by atoms with Crippen LogP contribution in [0.5, 0.6) is 0 Å². The van der Waals surface area contributed by atoms with Crippen LogP contribution in [0.2, 0.25) is 0 Å². The number of rotatable bonds is 2. The fourth-order valence-electron chi connectivity index (χ4n) is 3.38. The Hall–Kier alpha value is -0.610. The van der Waals surface area contributed by atoms with Crippen LogP contribution in [0.15, 0.2) is 0 Å². The smallest absolute Gasteiger partial charge is 0.227 e.